The smallest absolute Gasteiger partial charge is 0.407 e. The van der Waals surface area contributed by atoms with Crippen LogP contribution in [0, 0.1) is 29.6 Å². The first-order valence-electron chi connectivity index (χ1n) is 9.12. The summed E-state index contributed by atoms with van der Waals surface area (Å²) < 4.78 is 10.9. The number of amides is 1. The van der Waals surface area contributed by atoms with Gasteiger partial charge in [-0.2, -0.15) is 0 Å². The molecule has 2 aliphatic rings. The van der Waals surface area contributed by atoms with E-state index in [1.54, 1.807) is 21.6 Å². The van der Waals surface area contributed by atoms with Gasteiger partial charge in [0.05, 0.1) is 19.8 Å². The largest absolute Gasteiger partial charge is 0.449 e. The van der Waals surface area contributed by atoms with Crippen molar-refractivity contribution in [1.29, 1.82) is 0 Å². The van der Waals surface area contributed by atoms with Gasteiger partial charge in [0, 0.05) is 37.5 Å². The molecule has 1 amide bonds. The fraction of sp³-hybridized carbons (Fsp3) is 0.833. The summed E-state index contributed by atoms with van der Waals surface area (Å²) in [6.45, 7) is 2.67. The van der Waals surface area contributed by atoms with E-state index in [2.05, 4.69) is 17.2 Å². The fourth-order valence-electron chi connectivity index (χ4n) is 3.22. The number of ether oxygens (including phenoxy) is 2. The third-order valence-electron chi connectivity index (χ3n) is 4.55. The van der Waals surface area contributed by atoms with Crippen LogP contribution in [-0.2, 0) is 9.47 Å². The summed E-state index contributed by atoms with van der Waals surface area (Å²) in [4.78, 5) is 11.7. The van der Waals surface area contributed by atoms with Crippen LogP contribution in [0.3, 0.4) is 0 Å². The number of fused-ring (bicyclic) bond motifs is 1. The lowest BCUT2D eigenvalue weighted by atomic mass is 10.1. The first-order valence-corrected chi connectivity index (χ1v) is 11.6. The van der Waals surface area contributed by atoms with Gasteiger partial charge >= 0.3 is 6.09 Å². The highest BCUT2D eigenvalue weighted by Gasteiger charge is 2.49. The molecule has 1 saturated carbocycles. The third kappa shape index (κ3) is 8.59. The topological polar surface area (TPSA) is 67.8 Å². The average molecular weight is 388 g/mol. The Hall–Kier alpha value is -0.550. The van der Waals surface area contributed by atoms with Crippen LogP contribution in [0.1, 0.15) is 32.1 Å². The van der Waals surface area contributed by atoms with Crippen LogP contribution in [0.4, 0.5) is 4.79 Å². The number of hydrogen-bond donors (Lipinski definition) is 2. The lowest BCUT2D eigenvalue weighted by Gasteiger charge is -2.07. The Labute approximate surface area is 158 Å². The first kappa shape index (κ1) is 20.8. The summed E-state index contributed by atoms with van der Waals surface area (Å²) in [5.41, 5.74) is 0. The van der Waals surface area contributed by atoms with Gasteiger partial charge in [0.15, 0.2) is 0 Å². The molecule has 0 aromatic rings. The summed E-state index contributed by atoms with van der Waals surface area (Å²) >= 11 is 0. The molecule has 0 aromatic heterocycles. The van der Waals surface area contributed by atoms with E-state index < -0.39 is 0 Å². The van der Waals surface area contributed by atoms with E-state index in [-0.39, 0.29) is 12.7 Å². The molecule has 2 unspecified atom stereocenters. The zero-order chi connectivity index (χ0) is 17.7. The van der Waals surface area contributed by atoms with Crippen LogP contribution in [0.15, 0.2) is 0 Å². The number of aliphatic hydroxyl groups excluding tert-OH is 1. The maximum Gasteiger partial charge on any atom is 0.407 e. The minimum absolute atomic E-state index is 0.219. The Kier molecular flexibility index (Phi) is 10.6. The minimum Gasteiger partial charge on any atom is -0.449 e. The second-order valence-electron chi connectivity index (χ2n) is 6.28. The van der Waals surface area contributed by atoms with Crippen molar-refractivity contribution in [3.63, 3.8) is 0 Å². The lowest BCUT2D eigenvalue weighted by molar-refractivity contribution is 0.131. The van der Waals surface area contributed by atoms with Gasteiger partial charge < -0.3 is 19.9 Å². The van der Waals surface area contributed by atoms with Crippen molar-refractivity contribution in [3.8, 4) is 11.8 Å². The number of carbonyl (C=O) groups is 1. The maximum absolute atomic E-state index is 11.7. The van der Waals surface area contributed by atoms with Crippen molar-refractivity contribution in [2.24, 2.45) is 17.8 Å². The standard InChI is InChI=1S/C18H29NO4S2/c20-9-12-24-25-13-11-22-10-5-8-19-18(21)23-14-17-15-6-3-1-2-4-7-16(15)17/h15-17,20H,3-14H2,(H,19,21). The van der Waals surface area contributed by atoms with E-state index in [1.807, 2.05) is 0 Å². The van der Waals surface area contributed by atoms with Crippen molar-refractivity contribution in [2.75, 3.05) is 44.5 Å². The van der Waals surface area contributed by atoms with E-state index in [1.165, 1.54) is 0 Å². The maximum atomic E-state index is 11.7. The molecule has 0 heterocycles. The van der Waals surface area contributed by atoms with Crippen molar-refractivity contribution < 1.29 is 19.4 Å². The molecule has 0 bridgehead atoms. The number of nitrogens with one attached hydrogen (secondary N) is 1. The van der Waals surface area contributed by atoms with Crippen molar-refractivity contribution in [1.82, 2.24) is 5.32 Å². The Morgan fingerprint density at radius 1 is 1.12 bits per heavy atom. The van der Waals surface area contributed by atoms with Gasteiger partial charge in [0.2, 0.25) is 0 Å². The second-order valence-corrected chi connectivity index (χ2v) is 8.98. The van der Waals surface area contributed by atoms with Gasteiger partial charge in [-0.15, -0.1) is 11.8 Å². The SMILES string of the molecule is O=C(NCCCOCCSSCCO)OCC1C2CCC#CCCC21. The van der Waals surface area contributed by atoms with Gasteiger partial charge in [-0.1, -0.05) is 21.6 Å². The highest BCUT2D eigenvalue weighted by Crippen LogP contribution is 2.52. The third-order valence-corrected chi connectivity index (χ3v) is 6.90. The quantitative estimate of drug-likeness (QED) is 0.305. The molecule has 142 valence electrons. The van der Waals surface area contributed by atoms with Gasteiger partial charge in [-0.05, 0) is 37.0 Å². The zero-order valence-electron chi connectivity index (χ0n) is 14.7. The van der Waals surface area contributed by atoms with Gasteiger partial charge in [0.25, 0.3) is 0 Å². The van der Waals surface area contributed by atoms with E-state index in [9.17, 15) is 4.79 Å². The molecule has 0 saturated heterocycles. The molecule has 0 spiro atoms. The number of hydrogen-bond acceptors (Lipinski definition) is 6. The molecule has 25 heavy (non-hydrogen) atoms. The van der Waals surface area contributed by atoms with Crippen LogP contribution in [-0.4, -0.2) is 55.7 Å². The Balaban J connectivity index is 1.38. The van der Waals surface area contributed by atoms with Crippen LogP contribution in [0.5, 0.6) is 0 Å². The van der Waals surface area contributed by atoms with E-state index >= 15 is 0 Å². The van der Waals surface area contributed by atoms with Crippen LogP contribution in [0.2, 0.25) is 0 Å². The number of rotatable bonds is 12. The molecule has 0 aromatic carbocycles. The van der Waals surface area contributed by atoms with Crippen molar-refractivity contribution >= 4 is 27.7 Å². The van der Waals surface area contributed by atoms with E-state index in [0.717, 1.165) is 43.6 Å². The summed E-state index contributed by atoms with van der Waals surface area (Å²) in [6.07, 6.45) is 4.76. The monoisotopic (exact) mass is 387 g/mol. The van der Waals surface area contributed by atoms with Crippen LogP contribution >= 0.6 is 21.6 Å². The number of aliphatic hydroxyl groups is 1. The molecular formula is C18H29NO4S2. The molecule has 1 fully saturated rings. The summed E-state index contributed by atoms with van der Waals surface area (Å²) in [6, 6.07) is 0. The molecule has 0 radical (unpaired) electrons. The zero-order valence-corrected chi connectivity index (χ0v) is 16.3. The van der Waals surface area contributed by atoms with Crippen LogP contribution < -0.4 is 5.32 Å². The summed E-state index contributed by atoms with van der Waals surface area (Å²) in [5, 5.41) is 11.4. The van der Waals surface area contributed by atoms with Crippen molar-refractivity contribution in [2.45, 2.75) is 32.1 Å². The highest BCUT2D eigenvalue weighted by molar-refractivity contribution is 8.76. The second kappa shape index (κ2) is 12.7. The van der Waals surface area contributed by atoms with Crippen LogP contribution in [0.25, 0.3) is 0 Å². The minimum atomic E-state index is -0.313. The lowest BCUT2D eigenvalue weighted by Crippen LogP contribution is -2.27. The molecule has 0 aliphatic heterocycles. The highest BCUT2D eigenvalue weighted by atomic mass is 33.1. The Morgan fingerprint density at radius 3 is 2.56 bits per heavy atom. The molecular weight excluding hydrogens is 358 g/mol. The predicted octanol–water partition coefficient (Wildman–Crippen LogP) is 2.93. The normalized spacial score (nSPS) is 24.3. The number of carbonyl (C=O) groups excluding carboxylic acids is 1. The summed E-state index contributed by atoms with van der Waals surface area (Å²) in [5.74, 6) is 10.0. The fourth-order valence-corrected chi connectivity index (χ4v) is 4.85. The van der Waals surface area contributed by atoms with E-state index in [4.69, 9.17) is 14.6 Å². The number of alkyl carbamates (subject to hydrolysis) is 1. The van der Waals surface area contributed by atoms with Gasteiger partial charge in [-0.25, -0.2) is 4.79 Å². The van der Waals surface area contributed by atoms with Gasteiger partial charge in [0.1, 0.15) is 0 Å². The first-order chi connectivity index (χ1) is 12.3. The summed E-state index contributed by atoms with van der Waals surface area (Å²) in [7, 11) is 3.36. The molecule has 2 rings (SSSR count). The average Bonchev–Trinajstić information content (AvgIpc) is 3.24. The molecule has 2 atom stereocenters. The van der Waals surface area contributed by atoms with Crippen molar-refractivity contribution in [3.05, 3.63) is 0 Å². The Bertz CT molecular complexity index is 434. The van der Waals surface area contributed by atoms with Gasteiger partial charge in [-0.3, -0.25) is 0 Å². The Morgan fingerprint density at radius 2 is 1.84 bits per heavy atom. The molecule has 2 N–H and O–H groups in total. The predicted molar refractivity (Wildman–Crippen MR) is 104 cm³/mol. The molecule has 5 nitrogen and oxygen atoms in total. The molecule has 7 heteroatoms. The van der Waals surface area contributed by atoms with E-state index in [0.29, 0.717) is 44.1 Å². The molecule has 2 aliphatic carbocycles.